The quantitative estimate of drug-likeness (QED) is 0.550. The van der Waals surface area contributed by atoms with Gasteiger partial charge in [-0.25, -0.2) is 4.98 Å². The Kier molecular flexibility index (Phi) is 4.85. The van der Waals surface area contributed by atoms with E-state index in [1.165, 1.54) is 0 Å². The topological polar surface area (TPSA) is 64.1 Å². The molecule has 5 heteroatoms. The fraction of sp³-hybridized carbons (Fsp3) is 0.182. The van der Waals surface area contributed by atoms with Gasteiger partial charge in [-0.2, -0.15) is 0 Å². The molecule has 0 aliphatic heterocycles. The standard InChI is InChI=1S/C22H21N3O2/c1-2-18-10-11-20(27-18)22-21(16-7-4-3-5-8-16)24-15-25(22)14-19(26)17-9-6-12-23-13-17/h3-13,15,19,26H,2,14H2,1H3/t19-/m1/s1. The van der Waals surface area contributed by atoms with Crippen LogP contribution in [0.3, 0.4) is 0 Å². The van der Waals surface area contributed by atoms with Crippen LogP contribution in [0, 0.1) is 0 Å². The smallest absolute Gasteiger partial charge is 0.152 e. The van der Waals surface area contributed by atoms with Gasteiger partial charge in [0.05, 0.1) is 24.7 Å². The number of pyridine rings is 1. The van der Waals surface area contributed by atoms with E-state index < -0.39 is 6.10 Å². The van der Waals surface area contributed by atoms with Crippen molar-refractivity contribution in [2.75, 3.05) is 0 Å². The molecule has 0 spiro atoms. The molecule has 4 aromatic rings. The second-order valence-corrected chi connectivity index (χ2v) is 6.38. The molecule has 136 valence electrons. The van der Waals surface area contributed by atoms with Crippen LogP contribution in [0.2, 0.25) is 0 Å². The first-order valence-corrected chi connectivity index (χ1v) is 9.04. The van der Waals surface area contributed by atoms with Gasteiger partial charge in [0, 0.05) is 29.9 Å². The molecule has 5 nitrogen and oxygen atoms in total. The van der Waals surface area contributed by atoms with E-state index in [0.29, 0.717) is 6.54 Å². The van der Waals surface area contributed by atoms with Gasteiger partial charge in [0.15, 0.2) is 5.76 Å². The van der Waals surface area contributed by atoms with E-state index in [1.807, 2.05) is 59.2 Å². The van der Waals surface area contributed by atoms with Crippen LogP contribution in [0.4, 0.5) is 0 Å². The maximum atomic E-state index is 10.7. The summed E-state index contributed by atoms with van der Waals surface area (Å²) < 4.78 is 7.96. The monoisotopic (exact) mass is 359 g/mol. The Bertz CT molecular complexity index is 1010. The number of hydrogen-bond acceptors (Lipinski definition) is 4. The lowest BCUT2D eigenvalue weighted by Crippen LogP contribution is -2.09. The van der Waals surface area contributed by atoms with Crippen LogP contribution in [-0.2, 0) is 13.0 Å². The third-order valence-electron chi connectivity index (χ3n) is 4.57. The van der Waals surface area contributed by atoms with Crippen molar-refractivity contribution in [1.82, 2.24) is 14.5 Å². The zero-order valence-corrected chi connectivity index (χ0v) is 15.1. The number of aromatic nitrogens is 3. The predicted octanol–water partition coefficient (Wildman–Crippen LogP) is 4.50. The molecule has 0 saturated carbocycles. The molecule has 1 aromatic carbocycles. The molecule has 0 bridgehead atoms. The van der Waals surface area contributed by atoms with Gasteiger partial charge in [0.1, 0.15) is 11.5 Å². The molecule has 4 rings (SSSR count). The normalized spacial score (nSPS) is 12.2. The summed E-state index contributed by atoms with van der Waals surface area (Å²) in [6.45, 7) is 2.42. The average Bonchev–Trinajstić information content (AvgIpc) is 3.36. The number of furan rings is 1. The lowest BCUT2D eigenvalue weighted by atomic mass is 10.1. The Balaban J connectivity index is 1.76. The summed E-state index contributed by atoms with van der Waals surface area (Å²) in [7, 11) is 0. The van der Waals surface area contributed by atoms with Crippen molar-refractivity contribution in [3.8, 4) is 22.7 Å². The molecule has 0 radical (unpaired) electrons. The zero-order valence-electron chi connectivity index (χ0n) is 15.1. The molecule has 3 heterocycles. The maximum Gasteiger partial charge on any atom is 0.152 e. The van der Waals surface area contributed by atoms with E-state index in [2.05, 4.69) is 16.9 Å². The highest BCUT2D eigenvalue weighted by atomic mass is 16.3. The Labute approximate surface area is 158 Å². The summed E-state index contributed by atoms with van der Waals surface area (Å²) in [5.74, 6) is 1.67. The van der Waals surface area contributed by atoms with Crippen LogP contribution < -0.4 is 0 Å². The Hall–Kier alpha value is -3.18. The van der Waals surface area contributed by atoms with E-state index in [1.54, 1.807) is 18.7 Å². The molecule has 0 amide bonds. The Morgan fingerprint density at radius 2 is 1.93 bits per heavy atom. The highest BCUT2D eigenvalue weighted by Crippen LogP contribution is 2.33. The summed E-state index contributed by atoms with van der Waals surface area (Å²) in [5.41, 5.74) is 3.48. The summed E-state index contributed by atoms with van der Waals surface area (Å²) in [6, 6.07) is 17.7. The minimum absolute atomic E-state index is 0.364. The van der Waals surface area contributed by atoms with Crippen LogP contribution >= 0.6 is 0 Å². The number of imidazole rings is 1. The van der Waals surface area contributed by atoms with Crippen molar-refractivity contribution in [3.05, 3.63) is 84.6 Å². The van der Waals surface area contributed by atoms with Crippen molar-refractivity contribution in [2.24, 2.45) is 0 Å². The fourth-order valence-electron chi connectivity index (χ4n) is 3.15. The van der Waals surface area contributed by atoms with E-state index in [9.17, 15) is 5.11 Å². The third-order valence-corrected chi connectivity index (χ3v) is 4.57. The third kappa shape index (κ3) is 3.55. The van der Waals surface area contributed by atoms with Crippen molar-refractivity contribution in [1.29, 1.82) is 0 Å². The second-order valence-electron chi connectivity index (χ2n) is 6.38. The van der Waals surface area contributed by atoms with Crippen LogP contribution in [-0.4, -0.2) is 19.6 Å². The molecular weight excluding hydrogens is 338 g/mol. The van der Waals surface area contributed by atoms with Gasteiger partial charge >= 0.3 is 0 Å². The van der Waals surface area contributed by atoms with Gasteiger partial charge in [-0.1, -0.05) is 43.3 Å². The van der Waals surface area contributed by atoms with Crippen LogP contribution in [0.15, 0.2) is 77.7 Å². The molecule has 0 fully saturated rings. The first-order chi connectivity index (χ1) is 13.3. The molecule has 0 saturated heterocycles. The summed E-state index contributed by atoms with van der Waals surface area (Å²) in [6.07, 6.45) is 5.28. The van der Waals surface area contributed by atoms with Gasteiger partial charge in [0.25, 0.3) is 0 Å². The average molecular weight is 359 g/mol. The first kappa shape index (κ1) is 17.2. The highest BCUT2D eigenvalue weighted by Gasteiger charge is 2.20. The number of aryl methyl sites for hydroxylation is 1. The number of aliphatic hydroxyl groups excluding tert-OH is 1. The molecular formula is C22H21N3O2. The number of nitrogens with zero attached hydrogens (tertiary/aromatic N) is 3. The van der Waals surface area contributed by atoms with Gasteiger partial charge in [-0.3, -0.25) is 4.98 Å². The second kappa shape index (κ2) is 7.60. The number of benzene rings is 1. The SMILES string of the molecule is CCc1ccc(-c2c(-c3ccccc3)ncn2C[C@@H](O)c2cccnc2)o1. The van der Waals surface area contributed by atoms with Crippen LogP contribution in [0.1, 0.15) is 24.4 Å². The molecule has 3 aromatic heterocycles. The Morgan fingerprint density at radius 3 is 2.63 bits per heavy atom. The molecule has 27 heavy (non-hydrogen) atoms. The number of aliphatic hydroxyl groups is 1. The van der Waals surface area contributed by atoms with Crippen molar-refractivity contribution in [2.45, 2.75) is 26.0 Å². The molecule has 0 aliphatic rings. The van der Waals surface area contributed by atoms with Crippen LogP contribution in [0.5, 0.6) is 0 Å². The highest BCUT2D eigenvalue weighted by molar-refractivity contribution is 5.76. The lowest BCUT2D eigenvalue weighted by Gasteiger charge is -2.14. The number of rotatable bonds is 6. The van der Waals surface area contributed by atoms with Crippen LogP contribution in [0.25, 0.3) is 22.7 Å². The van der Waals surface area contributed by atoms with E-state index in [0.717, 1.165) is 40.5 Å². The molecule has 1 atom stereocenters. The molecule has 0 aliphatic carbocycles. The minimum atomic E-state index is -0.684. The van der Waals surface area contributed by atoms with Gasteiger partial charge < -0.3 is 14.1 Å². The molecule has 0 unspecified atom stereocenters. The minimum Gasteiger partial charge on any atom is -0.459 e. The van der Waals surface area contributed by atoms with E-state index in [-0.39, 0.29) is 0 Å². The Morgan fingerprint density at radius 1 is 1.07 bits per heavy atom. The largest absolute Gasteiger partial charge is 0.459 e. The summed E-state index contributed by atoms with van der Waals surface area (Å²) in [5, 5.41) is 10.7. The van der Waals surface area contributed by atoms with Gasteiger partial charge in [0.2, 0.25) is 0 Å². The van der Waals surface area contributed by atoms with E-state index in [4.69, 9.17) is 4.42 Å². The predicted molar refractivity (Wildman–Crippen MR) is 104 cm³/mol. The molecule has 1 N–H and O–H groups in total. The number of hydrogen-bond donors (Lipinski definition) is 1. The fourth-order valence-corrected chi connectivity index (χ4v) is 3.15. The first-order valence-electron chi connectivity index (χ1n) is 9.04. The lowest BCUT2D eigenvalue weighted by molar-refractivity contribution is 0.156. The summed E-state index contributed by atoms with van der Waals surface area (Å²) >= 11 is 0. The summed E-state index contributed by atoms with van der Waals surface area (Å²) in [4.78, 5) is 8.71. The zero-order chi connectivity index (χ0) is 18.6. The van der Waals surface area contributed by atoms with Crippen molar-refractivity contribution in [3.63, 3.8) is 0 Å². The van der Waals surface area contributed by atoms with Gasteiger partial charge in [-0.15, -0.1) is 0 Å². The van der Waals surface area contributed by atoms with E-state index >= 15 is 0 Å². The maximum absolute atomic E-state index is 10.7. The van der Waals surface area contributed by atoms with Crippen molar-refractivity contribution >= 4 is 0 Å². The van der Waals surface area contributed by atoms with Crippen molar-refractivity contribution < 1.29 is 9.52 Å². The van der Waals surface area contributed by atoms with Gasteiger partial charge in [-0.05, 0) is 18.2 Å².